The zero-order valence-electron chi connectivity index (χ0n) is 11.3. The number of halogens is 1. The van der Waals surface area contributed by atoms with Crippen molar-refractivity contribution >= 4 is 15.9 Å². The summed E-state index contributed by atoms with van der Waals surface area (Å²) in [5.74, 6) is 0. The van der Waals surface area contributed by atoms with Gasteiger partial charge in [0.15, 0.2) is 0 Å². The van der Waals surface area contributed by atoms with Crippen LogP contribution in [0, 0.1) is 6.92 Å². The van der Waals surface area contributed by atoms with Crippen molar-refractivity contribution in [2.75, 3.05) is 13.7 Å². The Morgan fingerprint density at radius 3 is 2.65 bits per heavy atom. The molecule has 0 fully saturated rings. The highest BCUT2D eigenvalue weighted by molar-refractivity contribution is 9.10. The molecule has 0 saturated carbocycles. The highest BCUT2D eigenvalue weighted by atomic mass is 79.9. The molecule has 1 aromatic heterocycles. The number of methoxy groups -OCH3 is 1. The fourth-order valence-electron chi connectivity index (χ4n) is 1.59. The third-order valence-corrected chi connectivity index (χ3v) is 3.88. The molecule has 5 heteroatoms. The van der Waals surface area contributed by atoms with Crippen molar-refractivity contribution in [1.82, 2.24) is 15.1 Å². The molecule has 0 bridgehead atoms. The molecule has 17 heavy (non-hydrogen) atoms. The normalized spacial score (nSPS) is 12.1. The van der Waals surface area contributed by atoms with Crippen molar-refractivity contribution in [1.29, 1.82) is 0 Å². The lowest BCUT2D eigenvalue weighted by atomic mass is 10.1. The van der Waals surface area contributed by atoms with Crippen LogP contribution in [-0.2, 0) is 17.8 Å². The van der Waals surface area contributed by atoms with Gasteiger partial charge in [-0.05, 0) is 43.6 Å². The molecule has 0 aliphatic heterocycles. The lowest BCUT2D eigenvalue weighted by Crippen LogP contribution is -2.36. The van der Waals surface area contributed by atoms with Gasteiger partial charge in [-0.1, -0.05) is 0 Å². The van der Waals surface area contributed by atoms with E-state index in [1.165, 1.54) is 5.69 Å². The topological polar surface area (TPSA) is 39.1 Å². The van der Waals surface area contributed by atoms with Crippen LogP contribution in [0.4, 0.5) is 0 Å². The second-order valence-corrected chi connectivity index (χ2v) is 5.52. The minimum Gasteiger partial charge on any atom is -0.377 e. The largest absolute Gasteiger partial charge is 0.377 e. The molecule has 1 aromatic rings. The van der Waals surface area contributed by atoms with Crippen LogP contribution in [0.2, 0.25) is 0 Å². The van der Waals surface area contributed by atoms with Crippen molar-refractivity contribution < 1.29 is 4.74 Å². The van der Waals surface area contributed by atoms with Crippen LogP contribution in [0.3, 0.4) is 0 Å². The van der Waals surface area contributed by atoms with Gasteiger partial charge in [0, 0.05) is 26.7 Å². The Kier molecular flexibility index (Phi) is 5.16. The summed E-state index contributed by atoms with van der Waals surface area (Å²) < 4.78 is 8.49. The molecular weight excluding hydrogens is 282 g/mol. The van der Waals surface area contributed by atoms with E-state index >= 15 is 0 Å². The minimum atomic E-state index is -0.140. The van der Waals surface area contributed by atoms with Crippen LogP contribution in [0.1, 0.15) is 32.2 Å². The van der Waals surface area contributed by atoms with E-state index in [2.05, 4.69) is 47.1 Å². The monoisotopic (exact) mass is 303 g/mol. The summed E-state index contributed by atoms with van der Waals surface area (Å²) in [7, 11) is 1.73. The minimum absolute atomic E-state index is 0.140. The summed E-state index contributed by atoms with van der Waals surface area (Å²) in [5.41, 5.74) is 2.09. The smallest absolute Gasteiger partial charge is 0.0746 e. The van der Waals surface area contributed by atoms with E-state index in [0.717, 1.165) is 29.8 Å². The van der Waals surface area contributed by atoms with E-state index in [1.807, 2.05) is 11.6 Å². The molecule has 0 aliphatic carbocycles. The molecule has 0 aromatic carbocycles. The highest BCUT2D eigenvalue weighted by Gasteiger charge is 2.17. The number of hydrogen-bond acceptors (Lipinski definition) is 3. The maximum atomic E-state index is 5.37. The van der Waals surface area contributed by atoms with E-state index in [1.54, 1.807) is 7.11 Å². The molecule has 0 atom stereocenters. The Hall–Kier alpha value is -0.390. The van der Waals surface area contributed by atoms with Crippen molar-refractivity contribution in [3.63, 3.8) is 0 Å². The van der Waals surface area contributed by atoms with Crippen LogP contribution >= 0.6 is 15.9 Å². The Labute approximate surface area is 112 Å². The quantitative estimate of drug-likeness (QED) is 0.877. The highest BCUT2D eigenvalue weighted by Crippen LogP contribution is 2.20. The summed E-state index contributed by atoms with van der Waals surface area (Å²) in [4.78, 5) is 0. The molecule has 0 spiro atoms. The molecule has 4 nitrogen and oxygen atoms in total. The maximum absolute atomic E-state index is 5.37. The number of aryl methyl sites for hydroxylation is 2. The van der Waals surface area contributed by atoms with Crippen LogP contribution in [0.5, 0.6) is 0 Å². The predicted octanol–water partition coefficient (Wildman–Crippen LogP) is 2.49. The average Bonchev–Trinajstić information content (AvgIpc) is 2.56. The average molecular weight is 304 g/mol. The maximum Gasteiger partial charge on any atom is 0.0746 e. The van der Waals surface area contributed by atoms with Gasteiger partial charge in [0.25, 0.3) is 0 Å². The first kappa shape index (κ1) is 14.7. The number of nitrogens with one attached hydrogen (secondary N) is 1. The van der Waals surface area contributed by atoms with Gasteiger partial charge in [-0.15, -0.1) is 0 Å². The molecule has 98 valence electrons. The van der Waals surface area contributed by atoms with Gasteiger partial charge < -0.3 is 10.1 Å². The first-order valence-corrected chi connectivity index (χ1v) is 6.68. The third kappa shape index (κ3) is 3.79. The van der Waals surface area contributed by atoms with E-state index in [9.17, 15) is 0 Å². The fourth-order valence-corrected chi connectivity index (χ4v) is 2.02. The SMILES string of the molecule is CCn1nc(C)c(Br)c1CNCC(C)(C)OC. The van der Waals surface area contributed by atoms with E-state index in [-0.39, 0.29) is 5.60 Å². The lowest BCUT2D eigenvalue weighted by Gasteiger charge is -2.23. The first-order chi connectivity index (χ1) is 7.91. The lowest BCUT2D eigenvalue weighted by molar-refractivity contribution is 0.0229. The molecule has 0 amide bonds. The van der Waals surface area contributed by atoms with E-state index in [4.69, 9.17) is 4.74 Å². The summed E-state index contributed by atoms with van der Waals surface area (Å²) in [6.07, 6.45) is 0. The second-order valence-electron chi connectivity index (χ2n) is 4.73. The van der Waals surface area contributed by atoms with Crippen molar-refractivity contribution in [2.45, 2.75) is 46.4 Å². The zero-order valence-corrected chi connectivity index (χ0v) is 12.9. The van der Waals surface area contributed by atoms with Crippen LogP contribution < -0.4 is 5.32 Å². The van der Waals surface area contributed by atoms with Gasteiger partial charge in [0.05, 0.1) is 21.5 Å². The Bertz CT molecular complexity index is 374. The summed E-state index contributed by atoms with van der Waals surface area (Å²) in [6, 6.07) is 0. The fraction of sp³-hybridized carbons (Fsp3) is 0.750. The summed E-state index contributed by atoms with van der Waals surface area (Å²) >= 11 is 3.58. The number of ether oxygens (including phenoxy) is 1. The van der Waals surface area contributed by atoms with Gasteiger partial charge >= 0.3 is 0 Å². The second kappa shape index (κ2) is 5.98. The molecule has 0 aliphatic rings. The molecule has 0 unspecified atom stereocenters. The number of aromatic nitrogens is 2. The molecule has 0 saturated heterocycles. The summed E-state index contributed by atoms with van der Waals surface area (Å²) in [5, 5.41) is 7.87. The molecule has 1 heterocycles. The molecular formula is C12H22BrN3O. The van der Waals surface area contributed by atoms with Gasteiger partial charge in [0.1, 0.15) is 0 Å². The Morgan fingerprint density at radius 1 is 1.47 bits per heavy atom. The van der Waals surface area contributed by atoms with Gasteiger partial charge in [-0.25, -0.2) is 0 Å². The van der Waals surface area contributed by atoms with Crippen LogP contribution in [-0.4, -0.2) is 29.0 Å². The molecule has 1 N–H and O–H groups in total. The standard InChI is InChI=1S/C12H22BrN3O/c1-6-16-10(11(13)9(2)15-16)7-14-8-12(3,4)17-5/h14H,6-8H2,1-5H3. The van der Waals surface area contributed by atoms with Crippen LogP contribution in [0.15, 0.2) is 4.47 Å². The number of hydrogen-bond donors (Lipinski definition) is 1. The number of rotatable bonds is 6. The van der Waals surface area contributed by atoms with E-state index < -0.39 is 0 Å². The predicted molar refractivity (Wildman–Crippen MR) is 73.1 cm³/mol. The molecule has 1 rings (SSSR count). The number of nitrogens with zero attached hydrogens (tertiary/aromatic N) is 2. The Balaban J connectivity index is 2.63. The first-order valence-electron chi connectivity index (χ1n) is 5.89. The summed E-state index contributed by atoms with van der Waals surface area (Å²) in [6.45, 7) is 10.7. The van der Waals surface area contributed by atoms with Crippen molar-refractivity contribution in [2.24, 2.45) is 0 Å². The third-order valence-electron chi connectivity index (χ3n) is 2.85. The van der Waals surface area contributed by atoms with Crippen molar-refractivity contribution in [3.05, 3.63) is 15.9 Å². The molecule has 0 radical (unpaired) electrons. The van der Waals surface area contributed by atoms with Gasteiger partial charge in [-0.3, -0.25) is 4.68 Å². The van der Waals surface area contributed by atoms with Gasteiger partial charge in [0.2, 0.25) is 0 Å². The van der Waals surface area contributed by atoms with Crippen molar-refractivity contribution in [3.8, 4) is 0 Å². The zero-order chi connectivity index (χ0) is 13.1. The van der Waals surface area contributed by atoms with E-state index in [0.29, 0.717) is 0 Å². The Morgan fingerprint density at radius 2 is 2.12 bits per heavy atom. The van der Waals surface area contributed by atoms with Gasteiger partial charge in [-0.2, -0.15) is 5.10 Å². The van der Waals surface area contributed by atoms with Crippen LogP contribution in [0.25, 0.3) is 0 Å².